The number of rotatable bonds is 4. The van der Waals surface area contributed by atoms with Crippen LogP contribution in [0.3, 0.4) is 0 Å². The highest BCUT2D eigenvalue weighted by atomic mass is 35.5. The minimum atomic E-state index is 0. The highest BCUT2D eigenvalue weighted by Crippen LogP contribution is 2.29. The SMILES string of the molecule is CCCC[C@H](N)c1sccc1Cl.Cl. The summed E-state index contributed by atoms with van der Waals surface area (Å²) in [6.45, 7) is 2.17. The third-order valence-corrected chi connectivity index (χ3v) is 3.34. The molecule has 0 aliphatic carbocycles. The predicted molar refractivity (Wildman–Crippen MR) is 63.0 cm³/mol. The monoisotopic (exact) mass is 239 g/mol. The molecule has 1 nitrogen and oxygen atoms in total. The average Bonchev–Trinajstić information content (AvgIpc) is 2.47. The van der Waals surface area contributed by atoms with Gasteiger partial charge in [-0.2, -0.15) is 0 Å². The van der Waals surface area contributed by atoms with Crippen LogP contribution in [0, 0.1) is 0 Å². The van der Waals surface area contributed by atoms with Gasteiger partial charge >= 0.3 is 0 Å². The summed E-state index contributed by atoms with van der Waals surface area (Å²) in [5, 5.41) is 2.81. The lowest BCUT2D eigenvalue weighted by Gasteiger charge is -2.08. The van der Waals surface area contributed by atoms with Crippen molar-refractivity contribution in [3.8, 4) is 0 Å². The second-order valence-electron chi connectivity index (χ2n) is 2.88. The molecule has 0 fully saturated rings. The second-order valence-corrected chi connectivity index (χ2v) is 4.24. The average molecular weight is 240 g/mol. The van der Waals surface area contributed by atoms with Crippen molar-refractivity contribution in [3.05, 3.63) is 21.3 Å². The third kappa shape index (κ3) is 3.86. The van der Waals surface area contributed by atoms with E-state index in [1.54, 1.807) is 11.3 Å². The van der Waals surface area contributed by atoms with Gasteiger partial charge in [0.05, 0.1) is 5.02 Å². The van der Waals surface area contributed by atoms with Crippen molar-refractivity contribution in [1.82, 2.24) is 0 Å². The zero-order valence-corrected chi connectivity index (χ0v) is 10.0. The van der Waals surface area contributed by atoms with E-state index in [1.165, 1.54) is 12.8 Å². The van der Waals surface area contributed by atoms with Crippen molar-refractivity contribution in [2.45, 2.75) is 32.2 Å². The Labute approximate surface area is 94.7 Å². The van der Waals surface area contributed by atoms with Gasteiger partial charge in [-0.1, -0.05) is 31.4 Å². The quantitative estimate of drug-likeness (QED) is 0.845. The van der Waals surface area contributed by atoms with Gasteiger partial charge in [0.25, 0.3) is 0 Å². The summed E-state index contributed by atoms with van der Waals surface area (Å²) in [7, 11) is 0. The number of hydrogen-bond acceptors (Lipinski definition) is 2. The first-order chi connectivity index (χ1) is 5.75. The molecule has 1 aromatic heterocycles. The molecule has 1 aromatic rings. The smallest absolute Gasteiger partial charge is 0.0561 e. The highest BCUT2D eigenvalue weighted by molar-refractivity contribution is 7.10. The van der Waals surface area contributed by atoms with Gasteiger partial charge in [0.1, 0.15) is 0 Å². The molecule has 0 aromatic carbocycles. The van der Waals surface area contributed by atoms with Gasteiger partial charge in [-0.15, -0.1) is 23.7 Å². The first-order valence-electron chi connectivity index (χ1n) is 4.24. The lowest BCUT2D eigenvalue weighted by molar-refractivity contribution is 0.611. The van der Waals surface area contributed by atoms with E-state index in [0.29, 0.717) is 0 Å². The number of hydrogen-bond donors (Lipinski definition) is 1. The Morgan fingerprint density at radius 3 is 2.77 bits per heavy atom. The maximum atomic E-state index is 5.95. The lowest BCUT2D eigenvalue weighted by atomic mass is 10.1. The standard InChI is InChI=1S/C9H14ClNS.ClH/c1-2-3-4-8(11)9-7(10)5-6-12-9;/h5-6,8H,2-4,11H2,1H3;1H/t8-;/m0./s1. The Morgan fingerprint density at radius 2 is 2.31 bits per heavy atom. The van der Waals surface area contributed by atoms with E-state index in [0.717, 1.165) is 16.3 Å². The fourth-order valence-corrected chi connectivity index (χ4v) is 2.36. The predicted octanol–water partition coefficient (Wildman–Crippen LogP) is 4.01. The molecule has 0 saturated carbocycles. The van der Waals surface area contributed by atoms with Crippen LogP contribution < -0.4 is 5.73 Å². The third-order valence-electron chi connectivity index (χ3n) is 1.85. The zero-order chi connectivity index (χ0) is 8.97. The molecule has 13 heavy (non-hydrogen) atoms. The molecule has 0 unspecified atom stereocenters. The number of unbranched alkanes of at least 4 members (excludes halogenated alkanes) is 1. The van der Waals surface area contributed by atoms with Crippen molar-refractivity contribution < 1.29 is 0 Å². The van der Waals surface area contributed by atoms with Crippen LogP contribution >= 0.6 is 35.3 Å². The molecule has 1 heterocycles. The molecule has 0 bridgehead atoms. The Balaban J connectivity index is 0.00000144. The molecule has 4 heteroatoms. The van der Waals surface area contributed by atoms with Gasteiger partial charge in [0.2, 0.25) is 0 Å². The van der Waals surface area contributed by atoms with E-state index in [9.17, 15) is 0 Å². The van der Waals surface area contributed by atoms with Gasteiger partial charge in [-0.05, 0) is 17.9 Å². The van der Waals surface area contributed by atoms with Gasteiger partial charge in [0.15, 0.2) is 0 Å². The Kier molecular flexibility index (Phi) is 6.78. The zero-order valence-electron chi connectivity index (χ0n) is 7.63. The minimum absolute atomic E-state index is 0. The fourth-order valence-electron chi connectivity index (χ4n) is 1.13. The van der Waals surface area contributed by atoms with Gasteiger partial charge in [-0.25, -0.2) is 0 Å². The molecule has 2 N–H and O–H groups in total. The molecule has 0 spiro atoms. The molecule has 1 rings (SSSR count). The van der Waals surface area contributed by atoms with Crippen molar-refractivity contribution in [3.63, 3.8) is 0 Å². The summed E-state index contributed by atoms with van der Waals surface area (Å²) >= 11 is 7.60. The normalized spacial score (nSPS) is 12.2. The Bertz CT molecular complexity index is 237. The first kappa shape index (κ1) is 13.2. The molecule has 0 amide bonds. The largest absolute Gasteiger partial charge is 0.323 e. The number of thiophene rings is 1. The molecular weight excluding hydrogens is 225 g/mol. The van der Waals surface area contributed by atoms with Crippen LogP contribution in [0.15, 0.2) is 11.4 Å². The second kappa shape index (κ2) is 6.66. The highest BCUT2D eigenvalue weighted by Gasteiger charge is 2.10. The molecule has 0 aliphatic rings. The topological polar surface area (TPSA) is 26.0 Å². The van der Waals surface area contributed by atoms with E-state index in [2.05, 4.69) is 6.92 Å². The van der Waals surface area contributed by atoms with Crippen LogP contribution in [0.4, 0.5) is 0 Å². The van der Waals surface area contributed by atoms with E-state index in [-0.39, 0.29) is 18.4 Å². The van der Waals surface area contributed by atoms with Crippen LogP contribution in [0.1, 0.15) is 37.1 Å². The molecule has 0 radical (unpaired) electrons. The summed E-state index contributed by atoms with van der Waals surface area (Å²) in [6, 6.07) is 2.05. The maximum absolute atomic E-state index is 5.95. The van der Waals surface area contributed by atoms with E-state index >= 15 is 0 Å². The number of halogens is 2. The summed E-state index contributed by atoms with van der Waals surface area (Å²) in [5.41, 5.74) is 5.95. The van der Waals surface area contributed by atoms with Crippen LogP contribution in [0.5, 0.6) is 0 Å². The van der Waals surface area contributed by atoms with E-state index < -0.39 is 0 Å². The van der Waals surface area contributed by atoms with Crippen molar-refractivity contribution in [2.75, 3.05) is 0 Å². The van der Waals surface area contributed by atoms with Crippen LogP contribution in [-0.4, -0.2) is 0 Å². The fraction of sp³-hybridized carbons (Fsp3) is 0.556. The van der Waals surface area contributed by atoms with Crippen molar-refractivity contribution >= 4 is 35.3 Å². The maximum Gasteiger partial charge on any atom is 0.0561 e. The van der Waals surface area contributed by atoms with Crippen LogP contribution in [0.25, 0.3) is 0 Å². The van der Waals surface area contributed by atoms with E-state index in [1.807, 2.05) is 11.4 Å². The van der Waals surface area contributed by atoms with Crippen molar-refractivity contribution in [1.29, 1.82) is 0 Å². The van der Waals surface area contributed by atoms with Gasteiger partial charge < -0.3 is 5.73 Å². The van der Waals surface area contributed by atoms with Gasteiger partial charge in [-0.3, -0.25) is 0 Å². The Morgan fingerprint density at radius 1 is 1.62 bits per heavy atom. The van der Waals surface area contributed by atoms with Crippen molar-refractivity contribution in [2.24, 2.45) is 5.73 Å². The lowest BCUT2D eigenvalue weighted by Crippen LogP contribution is -2.08. The van der Waals surface area contributed by atoms with Crippen LogP contribution in [-0.2, 0) is 0 Å². The molecule has 0 aliphatic heterocycles. The van der Waals surface area contributed by atoms with Crippen LogP contribution in [0.2, 0.25) is 5.02 Å². The first-order valence-corrected chi connectivity index (χ1v) is 5.50. The summed E-state index contributed by atoms with van der Waals surface area (Å²) < 4.78 is 0. The molecule has 0 saturated heterocycles. The number of nitrogens with two attached hydrogens (primary N) is 1. The molecular formula is C9H15Cl2NS. The van der Waals surface area contributed by atoms with Gasteiger partial charge in [0, 0.05) is 10.9 Å². The van der Waals surface area contributed by atoms with E-state index in [4.69, 9.17) is 17.3 Å². The summed E-state index contributed by atoms with van der Waals surface area (Å²) in [5.74, 6) is 0. The minimum Gasteiger partial charge on any atom is -0.323 e. The summed E-state index contributed by atoms with van der Waals surface area (Å²) in [6.07, 6.45) is 3.41. The molecule has 1 atom stereocenters. The summed E-state index contributed by atoms with van der Waals surface area (Å²) in [4.78, 5) is 1.13. The Hall–Kier alpha value is 0.240. The molecule has 76 valence electrons.